The van der Waals surface area contributed by atoms with E-state index in [-0.39, 0.29) is 18.1 Å². The Hall–Kier alpha value is -1.43. The molecular formula is C15H20N2O3. The first kappa shape index (κ1) is 13.5. The third kappa shape index (κ3) is 3.17. The first-order chi connectivity index (χ1) is 9.83. The predicted molar refractivity (Wildman–Crippen MR) is 74.3 cm³/mol. The maximum absolute atomic E-state index is 12.2. The summed E-state index contributed by atoms with van der Waals surface area (Å²) in [6.07, 6.45) is 0.716. The minimum atomic E-state index is -0.158. The fourth-order valence-electron chi connectivity index (χ4n) is 2.63. The van der Waals surface area contributed by atoms with Gasteiger partial charge in [0, 0.05) is 13.1 Å². The molecule has 108 valence electrons. The van der Waals surface area contributed by atoms with Crippen LogP contribution in [0.1, 0.15) is 11.1 Å². The van der Waals surface area contributed by atoms with E-state index < -0.39 is 0 Å². The van der Waals surface area contributed by atoms with Gasteiger partial charge >= 0.3 is 0 Å². The molecule has 20 heavy (non-hydrogen) atoms. The predicted octanol–water partition coefficient (Wildman–Crippen LogP) is 0.232. The van der Waals surface area contributed by atoms with E-state index >= 15 is 0 Å². The number of carbonyl (C=O) groups is 1. The molecule has 5 nitrogen and oxygen atoms in total. The Kier molecular flexibility index (Phi) is 4.30. The summed E-state index contributed by atoms with van der Waals surface area (Å²) in [7, 11) is 0. The van der Waals surface area contributed by atoms with Crippen molar-refractivity contribution in [1.82, 2.24) is 10.6 Å². The van der Waals surface area contributed by atoms with Gasteiger partial charge < -0.3 is 20.1 Å². The summed E-state index contributed by atoms with van der Waals surface area (Å²) < 4.78 is 10.8. The Bertz CT molecular complexity index is 472. The SMILES string of the molecule is O=C(NCC1COCCO1)C1Cc2ccccc2CN1. The second kappa shape index (κ2) is 6.35. The lowest BCUT2D eigenvalue weighted by Gasteiger charge is -2.27. The van der Waals surface area contributed by atoms with E-state index in [4.69, 9.17) is 9.47 Å². The molecule has 1 saturated heterocycles. The summed E-state index contributed by atoms with van der Waals surface area (Å²) >= 11 is 0. The fraction of sp³-hybridized carbons (Fsp3) is 0.533. The summed E-state index contributed by atoms with van der Waals surface area (Å²) in [6.45, 7) is 3.07. The van der Waals surface area contributed by atoms with Crippen LogP contribution >= 0.6 is 0 Å². The van der Waals surface area contributed by atoms with E-state index in [1.165, 1.54) is 11.1 Å². The molecule has 1 aromatic carbocycles. The lowest BCUT2D eigenvalue weighted by molar-refractivity contribution is -0.126. The van der Waals surface area contributed by atoms with Crippen LogP contribution in [-0.4, -0.2) is 44.4 Å². The zero-order chi connectivity index (χ0) is 13.8. The second-order valence-electron chi connectivity index (χ2n) is 5.22. The Labute approximate surface area is 118 Å². The van der Waals surface area contributed by atoms with Gasteiger partial charge in [0.1, 0.15) is 0 Å². The van der Waals surface area contributed by atoms with Crippen molar-refractivity contribution in [1.29, 1.82) is 0 Å². The molecule has 1 amide bonds. The average Bonchev–Trinajstić information content (AvgIpc) is 2.53. The molecule has 2 aliphatic rings. The second-order valence-corrected chi connectivity index (χ2v) is 5.22. The number of hydrogen-bond donors (Lipinski definition) is 2. The highest BCUT2D eigenvalue weighted by Crippen LogP contribution is 2.16. The van der Waals surface area contributed by atoms with Gasteiger partial charge in [-0.1, -0.05) is 24.3 Å². The number of ether oxygens (including phenoxy) is 2. The van der Waals surface area contributed by atoms with E-state index in [0.29, 0.717) is 26.4 Å². The minimum Gasteiger partial charge on any atom is -0.376 e. The smallest absolute Gasteiger partial charge is 0.237 e. The Morgan fingerprint density at radius 3 is 2.95 bits per heavy atom. The molecule has 0 spiro atoms. The van der Waals surface area contributed by atoms with Crippen LogP contribution in [0.5, 0.6) is 0 Å². The molecule has 0 bridgehead atoms. The number of benzene rings is 1. The van der Waals surface area contributed by atoms with Crippen molar-refractivity contribution in [3.8, 4) is 0 Å². The molecule has 2 heterocycles. The fourth-order valence-corrected chi connectivity index (χ4v) is 2.63. The van der Waals surface area contributed by atoms with Crippen LogP contribution in [0.2, 0.25) is 0 Å². The van der Waals surface area contributed by atoms with Crippen molar-refractivity contribution in [2.45, 2.75) is 25.1 Å². The first-order valence-corrected chi connectivity index (χ1v) is 7.10. The number of fused-ring (bicyclic) bond motifs is 1. The molecule has 2 atom stereocenters. The Balaban J connectivity index is 1.51. The molecule has 0 aromatic heterocycles. The van der Waals surface area contributed by atoms with Crippen molar-refractivity contribution in [3.05, 3.63) is 35.4 Å². The molecule has 0 radical (unpaired) electrons. The van der Waals surface area contributed by atoms with E-state index in [0.717, 1.165) is 13.0 Å². The number of rotatable bonds is 3. The highest BCUT2D eigenvalue weighted by atomic mass is 16.6. The summed E-state index contributed by atoms with van der Waals surface area (Å²) in [5.74, 6) is 0.0358. The van der Waals surface area contributed by atoms with Gasteiger partial charge in [0.2, 0.25) is 5.91 Å². The normalized spacial score (nSPS) is 25.8. The largest absolute Gasteiger partial charge is 0.376 e. The number of amides is 1. The summed E-state index contributed by atoms with van der Waals surface area (Å²) in [5.41, 5.74) is 2.53. The number of nitrogens with one attached hydrogen (secondary N) is 2. The van der Waals surface area contributed by atoms with E-state index in [1.807, 2.05) is 12.1 Å². The monoisotopic (exact) mass is 276 g/mol. The molecular weight excluding hydrogens is 256 g/mol. The van der Waals surface area contributed by atoms with Crippen molar-refractivity contribution < 1.29 is 14.3 Å². The van der Waals surface area contributed by atoms with Crippen LogP contribution in [0, 0.1) is 0 Å². The van der Waals surface area contributed by atoms with Crippen LogP contribution in [0.4, 0.5) is 0 Å². The third-order valence-corrected chi connectivity index (χ3v) is 3.79. The van der Waals surface area contributed by atoms with Crippen LogP contribution in [-0.2, 0) is 27.2 Å². The maximum Gasteiger partial charge on any atom is 0.237 e. The molecule has 1 fully saturated rings. The molecule has 0 saturated carbocycles. The van der Waals surface area contributed by atoms with Crippen molar-refractivity contribution in [2.75, 3.05) is 26.4 Å². The molecule has 2 N–H and O–H groups in total. The van der Waals surface area contributed by atoms with Gasteiger partial charge in [-0.2, -0.15) is 0 Å². The topological polar surface area (TPSA) is 59.6 Å². The van der Waals surface area contributed by atoms with Crippen LogP contribution in [0.25, 0.3) is 0 Å². The van der Waals surface area contributed by atoms with Gasteiger partial charge in [-0.15, -0.1) is 0 Å². The molecule has 0 aliphatic carbocycles. The lowest BCUT2D eigenvalue weighted by atomic mass is 9.95. The van der Waals surface area contributed by atoms with Gasteiger partial charge in [0.15, 0.2) is 0 Å². The highest BCUT2D eigenvalue weighted by Gasteiger charge is 2.24. The molecule has 5 heteroatoms. The highest BCUT2D eigenvalue weighted by molar-refractivity contribution is 5.82. The van der Waals surface area contributed by atoms with Gasteiger partial charge in [0.05, 0.1) is 32.0 Å². The number of hydrogen-bond acceptors (Lipinski definition) is 4. The minimum absolute atomic E-state index is 0.0245. The molecule has 3 rings (SSSR count). The standard InChI is InChI=1S/C15H20N2O3/c18-15(17-9-13-10-19-5-6-20-13)14-7-11-3-1-2-4-12(11)8-16-14/h1-4,13-14,16H,5-10H2,(H,17,18). The molecule has 2 aliphatic heterocycles. The van der Waals surface area contributed by atoms with Gasteiger partial charge in [0.25, 0.3) is 0 Å². The van der Waals surface area contributed by atoms with Gasteiger partial charge in [-0.3, -0.25) is 4.79 Å². The van der Waals surface area contributed by atoms with Crippen molar-refractivity contribution in [2.24, 2.45) is 0 Å². The van der Waals surface area contributed by atoms with E-state index in [1.54, 1.807) is 0 Å². The Morgan fingerprint density at radius 2 is 2.15 bits per heavy atom. The summed E-state index contributed by atoms with van der Waals surface area (Å²) in [5, 5.41) is 6.23. The van der Waals surface area contributed by atoms with Crippen LogP contribution in [0.3, 0.4) is 0 Å². The van der Waals surface area contributed by atoms with Crippen molar-refractivity contribution >= 4 is 5.91 Å². The van der Waals surface area contributed by atoms with Gasteiger partial charge in [-0.05, 0) is 17.5 Å². The lowest BCUT2D eigenvalue weighted by Crippen LogP contribution is -2.50. The van der Waals surface area contributed by atoms with Crippen molar-refractivity contribution in [3.63, 3.8) is 0 Å². The summed E-state index contributed by atoms with van der Waals surface area (Å²) in [4.78, 5) is 12.2. The van der Waals surface area contributed by atoms with Crippen LogP contribution < -0.4 is 10.6 Å². The zero-order valence-electron chi connectivity index (χ0n) is 11.4. The van der Waals surface area contributed by atoms with Gasteiger partial charge in [-0.25, -0.2) is 0 Å². The van der Waals surface area contributed by atoms with E-state index in [2.05, 4.69) is 22.8 Å². The zero-order valence-corrected chi connectivity index (χ0v) is 11.4. The quantitative estimate of drug-likeness (QED) is 0.830. The van der Waals surface area contributed by atoms with E-state index in [9.17, 15) is 4.79 Å². The summed E-state index contributed by atoms with van der Waals surface area (Å²) in [6, 6.07) is 8.08. The molecule has 2 unspecified atom stereocenters. The average molecular weight is 276 g/mol. The van der Waals surface area contributed by atoms with Crippen LogP contribution in [0.15, 0.2) is 24.3 Å². The Morgan fingerprint density at radius 1 is 1.30 bits per heavy atom. The third-order valence-electron chi connectivity index (χ3n) is 3.79. The first-order valence-electron chi connectivity index (χ1n) is 7.10. The number of carbonyl (C=O) groups excluding carboxylic acids is 1. The maximum atomic E-state index is 12.2. The molecule has 1 aromatic rings.